The molecule has 2 atom stereocenters. The molecule has 0 amide bonds. The average molecular weight is 354 g/mol. The number of sulfonamides is 1. The first-order chi connectivity index (χ1) is 11.3. The first-order valence-electron chi connectivity index (χ1n) is 8.19. The Morgan fingerprint density at radius 3 is 2.67 bits per heavy atom. The van der Waals surface area contributed by atoms with Crippen LogP contribution in [0, 0.1) is 12.8 Å². The number of aryl methyl sites for hydroxylation is 1. The van der Waals surface area contributed by atoms with Gasteiger partial charge in [-0.1, -0.05) is 19.8 Å². The zero-order chi connectivity index (χ0) is 18.0. The summed E-state index contributed by atoms with van der Waals surface area (Å²) < 4.78 is 33.3. The Morgan fingerprint density at radius 2 is 2.12 bits per heavy atom. The van der Waals surface area contributed by atoms with E-state index in [-0.39, 0.29) is 17.4 Å². The monoisotopic (exact) mass is 354 g/mol. The molecule has 134 valence electrons. The van der Waals surface area contributed by atoms with E-state index in [4.69, 9.17) is 5.73 Å². The van der Waals surface area contributed by atoms with E-state index in [0.29, 0.717) is 11.1 Å². The van der Waals surface area contributed by atoms with Gasteiger partial charge in [0, 0.05) is 12.1 Å². The molecule has 0 spiro atoms. The minimum atomic E-state index is -3.73. The number of nitrogens with two attached hydrogens (primary N) is 1. The number of carbonyl (C=O) groups excluding carboxylic acids is 1. The second-order valence-corrected chi connectivity index (χ2v) is 8.24. The molecule has 1 aromatic rings. The predicted octanol–water partition coefficient (Wildman–Crippen LogP) is 1.97. The molecule has 2 rings (SSSR count). The fraction of sp³-hybridized carbons (Fsp3) is 0.588. The fourth-order valence-corrected chi connectivity index (χ4v) is 5.19. The summed E-state index contributed by atoms with van der Waals surface area (Å²) in [4.78, 5) is 11.7. The SMILES string of the molecule is COC(=O)c1ccc(S(=O)(=O)NC2(CN)CCCCC2C)c(C)c1. The van der Waals surface area contributed by atoms with Crippen LogP contribution in [0.4, 0.5) is 0 Å². The molecule has 1 fully saturated rings. The maximum absolute atomic E-state index is 12.9. The number of carbonyl (C=O) groups is 1. The summed E-state index contributed by atoms with van der Waals surface area (Å²) in [7, 11) is -2.43. The van der Waals surface area contributed by atoms with Gasteiger partial charge in [0.15, 0.2) is 0 Å². The summed E-state index contributed by atoms with van der Waals surface area (Å²) in [6, 6.07) is 4.44. The molecule has 24 heavy (non-hydrogen) atoms. The lowest BCUT2D eigenvalue weighted by Crippen LogP contribution is -2.59. The van der Waals surface area contributed by atoms with E-state index >= 15 is 0 Å². The van der Waals surface area contributed by atoms with Crippen molar-refractivity contribution in [3.05, 3.63) is 29.3 Å². The van der Waals surface area contributed by atoms with Gasteiger partial charge in [-0.25, -0.2) is 17.9 Å². The first-order valence-corrected chi connectivity index (χ1v) is 9.67. The fourth-order valence-electron chi connectivity index (χ4n) is 3.43. The first kappa shape index (κ1) is 18.9. The molecule has 2 unspecified atom stereocenters. The Bertz CT molecular complexity index is 717. The lowest BCUT2D eigenvalue weighted by atomic mass is 9.74. The molecule has 0 bridgehead atoms. The van der Waals surface area contributed by atoms with Crippen molar-refractivity contribution in [2.24, 2.45) is 11.7 Å². The molecular weight excluding hydrogens is 328 g/mol. The van der Waals surface area contributed by atoms with Gasteiger partial charge in [0.05, 0.1) is 17.6 Å². The molecule has 0 saturated heterocycles. The van der Waals surface area contributed by atoms with E-state index in [1.165, 1.54) is 25.3 Å². The average Bonchev–Trinajstić information content (AvgIpc) is 2.55. The Morgan fingerprint density at radius 1 is 1.42 bits per heavy atom. The predicted molar refractivity (Wildman–Crippen MR) is 92.3 cm³/mol. The molecule has 1 aliphatic rings. The minimum Gasteiger partial charge on any atom is -0.465 e. The number of rotatable bonds is 5. The molecule has 7 heteroatoms. The molecule has 0 aliphatic heterocycles. The van der Waals surface area contributed by atoms with Crippen LogP contribution in [0.15, 0.2) is 23.1 Å². The molecule has 0 aromatic heterocycles. The zero-order valence-electron chi connectivity index (χ0n) is 14.5. The van der Waals surface area contributed by atoms with Crippen molar-refractivity contribution in [2.45, 2.75) is 50.0 Å². The van der Waals surface area contributed by atoms with Gasteiger partial charge in [-0.15, -0.1) is 0 Å². The van der Waals surface area contributed by atoms with Crippen molar-refractivity contribution in [2.75, 3.05) is 13.7 Å². The highest BCUT2D eigenvalue weighted by atomic mass is 32.2. The van der Waals surface area contributed by atoms with Crippen LogP contribution in [-0.2, 0) is 14.8 Å². The van der Waals surface area contributed by atoms with Gasteiger partial charge in [0.25, 0.3) is 0 Å². The van der Waals surface area contributed by atoms with E-state index in [1.54, 1.807) is 6.92 Å². The summed E-state index contributed by atoms with van der Waals surface area (Å²) in [6.07, 6.45) is 3.75. The summed E-state index contributed by atoms with van der Waals surface area (Å²) in [5, 5.41) is 0. The number of ether oxygens (including phenoxy) is 1. The molecular formula is C17H26N2O4S. The number of hydrogen-bond donors (Lipinski definition) is 2. The largest absolute Gasteiger partial charge is 0.465 e. The van der Waals surface area contributed by atoms with Crippen LogP contribution in [0.25, 0.3) is 0 Å². The lowest BCUT2D eigenvalue weighted by molar-refractivity contribution is 0.0600. The maximum Gasteiger partial charge on any atom is 0.337 e. The third kappa shape index (κ3) is 3.63. The Hall–Kier alpha value is -1.44. The van der Waals surface area contributed by atoms with Crippen LogP contribution in [-0.4, -0.2) is 33.6 Å². The Kier molecular flexibility index (Phi) is 5.67. The van der Waals surface area contributed by atoms with Crippen molar-refractivity contribution < 1.29 is 17.9 Å². The zero-order valence-corrected chi connectivity index (χ0v) is 15.3. The summed E-state index contributed by atoms with van der Waals surface area (Å²) in [6.45, 7) is 3.98. The summed E-state index contributed by atoms with van der Waals surface area (Å²) >= 11 is 0. The van der Waals surface area contributed by atoms with Crippen LogP contribution in [0.2, 0.25) is 0 Å². The van der Waals surface area contributed by atoms with Gasteiger partial charge in [-0.2, -0.15) is 0 Å². The Labute approximate surface area is 143 Å². The van der Waals surface area contributed by atoms with E-state index in [9.17, 15) is 13.2 Å². The normalized spacial score (nSPS) is 24.6. The summed E-state index contributed by atoms with van der Waals surface area (Å²) in [5.41, 5.74) is 6.17. The second-order valence-electron chi connectivity index (χ2n) is 6.58. The van der Waals surface area contributed by atoms with Crippen molar-refractivity contribution >= 4 is 16.0 Å². The van der Waals surface area contributed by atoms with Crippen molar-refractivity contribution in [1.82, 2.24) is 4.72 Å². The van der Waals surface area contributed by atoms with Crippen LogP contribution < -0.4 is 10.5 Å². The van der Waals surface area contributed by atoms with Crippen LogP contribution in [0.5, 0.6) is 0 Å². The lowest BCUT2D eigenvalue weighted by Gasteiger charge is -2.42. The maximum atomic E-state index is 12.9. The van der Waals surface area contributed by atoms with Gasteiger partial charge in [-0.05, 0) is 49.4 Å². The topological polar surface area (TPSA) is 98.5 Å². The van der Waals surface area contributed by atoms with Crippen LogP contribution >= 0.6 is 0 Å². The van der Waals surface area contributed by atoms with Gasteiger partial charge < -0.3 is 10.5 Å². The van der Waals surface area contributed by atoms with Crippen LogP contribution in [0.3, 0.4) is 0 Å². The molecule has 0 heterocycles. The Balaban J connectivity index is 2.35. The molecule has 1 saturated carbocycles. The number of methoxy groups -OCH3 is 1. The van der Waals surface area contributed by atoms with Gasteiger partial charge in [0.2, 0.25) is 10.0 Å². The number of benzene rings is 1. The standard InChI is InChI=1S/C17H26N2O4S/c1-12-10-14(16(20)23-3)7-8-15(12)24(21,22)19-17(11-18)9-5-4-6-13(17)2/h7-8,10,13,19H,4-6,9,11,18H2,1-3H3. The number of esters is 1. The molecule has 1 aliphatic carbocycles. The molecule has 0 radical (unpaired) electrons. The highest BCUT2D eigenvalue weighted by Gasteiger charge is 2.40. The quantitative estimate of drug-likeness (QED) is 0.788. The van der Waals surface area contributed by atoms with E-state index in [0.717, 1.165) is 25.7 Å². The highest BCUT2D eigenvalue weighted by Crippen LogP contribution is 2.34. The van der Waals surface area contributed by atoms with E-state index in [1.807, 2.05) is 6.92 Å². The number of nitrogens with one attached hydrogen (secondary N) is 1. The highest BCUT2D eigenvalue weighted by molar-refractivity contribution is 7.89. The van der Waals surface area contributed by atoms with Crippen LogP contribution in [0.1, 0.15) is 48.5 Å². The third-order valence-corrected chi connectivity index (χ3v) is 6.75. The van der Waals surface area contributed by atoms with Crippen molar-refractivity contribution in [1.29, 1.82) is 0 Å². The van der Waals surface area contributed by atoms with Gasteiger partial charge in [0.1, 0.15) is 0 Å². The second kappa shape index (κ2) is 7.21. The summed E-state index contributed by atoms with van der Waals surface area (Å²) in [5.74, 6) is -0.310. The smallest absolute Gasteiger partial charge is 0.337 e. The van der Waals surface area contributed by atoms with Crippen molar-refractivity contribution in [3.8, 4) is 0 Å². The van der Waals surface area contributed by atoms with E-state index < -0.39 is 21.5 Å². The minimum absolute atomic E-state index is 0.167. The molecule has 3 N–H and O–H groups in total. The molecule has 1 aromatic carbocycles. The van der Waals surface area contributed by atoms with E-state index in [2.05, 4.69) is 9.46 Å². The third-order valence-electron chi connectivity index (χ3n) is 5.04. The molecule has 6 nitrogen and oxygen atoms in total. The van der Waals surface area contributed by atoms with Gasteiger partial charge in [-0.3, -0.25) is 0 Å². The van der Waals surface area contributed by atoms with Crippen molar-refractivity contribution in [3.63, 3.8) is 0 Å². The number of hydrogen-bond acceptors (Lipinski definition) is 5. The van der Waals surface area contributed by atoms with Gasteiger partial charge >= 0.3 is 5.97 Å².